The molecule has 0 unspecified atom stereocenters. The second kappa shape index (κ2) is 5.54. The molecular formula is C13H13ClO2S. The van der Waals surface area contributed by atoms with Crippen LogP contribution in [0.15, 0.2) is 35.0 Å². The minimum atomic E-state index is -0.515. The number of benzene rings is 1. The Morgan fingerprint density at radius 3 is 2.82 bits per heavy atom. The van der Waals surface area contributed by atoms with Crippen LogP contribution >= 0.6 is 22.9 Å². The third kappa shape index (κ3) is 3.22. The number of ether oxygens (including phenoxy) is 1. The highest BCUT2D eigenvalue weighted by Crippen LogP contribution is 2.28. The van der Waals surface area contributed by atoms with Gasteiger partial charge in [0.2, 0.25) is 0 Å². The van der Waals surface area contributed by atoms with Crippen LogP contribution in [-0.4, -0.2) is 5.11 Å². The fourth-order valence-corrected chi connectivity index (χ4v) is 2.33. The Morgan fingerprint density at radius 1 is 1.41 bits per heavy atom. The van der Waals surface area contributed by atoms with Gasteiger partial charge in [0.15, 0.2) is 0 Å². The number of thiophene rings is 1. The van der Waals surface area contributed by atoms with E-state index in [0.29, 0.717) is 17.4 Å². The van der Waals surface area contributed by atoms with Crippen molar-refractivity contribution >= 4 is 22.9 Å². The van der Waals surface area contributed by atoms with Gasteiger partial charge in [0.25, 0.3) is 0 Å². The maximum atomic E-state index is 9.42. The zero-order valence-corrected chi connectivity index (χ0v) is 11.0. The van der Waals surface area contributed by atoms with Crippen molar-refractivity contribution in [3.8, 4) is 5.75 Å². The Hall–Kier alpha value is -1.03. The topological polar surface area (TPSA) is 29.5 Å². The molecule has 0 aliphatic carbocycles. The average Bonchev–Trinajstić information content (AvgIpc) is 2.80. The summed E-state index contributed by atoms with van der Waals surface area (Å²) in [4.78, 5) is 0. The molecule has 4 heteroatoms. The van der Waals surface area contributed by atoms with E-state index in [-0.39, 0.29) is 0 Å². The van der Waals surface area contributed by atoms with Crippen molar-refractivity contribution in [3.63, 3.8) is 0 Å². The van der Waals surface area contributed by atoms with E-state index in [0.717, 1.165) is 11.1 Å². The molecule has 0 aliphatic rings. The van der Waals surface area contributed by atoms with Crippen LogP contribution in [-0.2, 0) is 6.61 Å². The first-order chi connectivity index (χ1) is 8.16. The molecule has 1 aromatic carbocycles. The van der Waals surface area contributed by atoms with E-state index in [2.05, 4.69) is 0 Å². The van der Waals surface area contributed by atoms with Gasteiger partial charge in [-0.05, 0) is 47.0 Å². The number of aliphatic hydroxyl groups excluding tert-OH is 1. The maximum absolute atomic E-state index is 9.42. The smallest absolute Gasteiger partial charge is 0.138 e. The van der Waals surface area contributed by atoms with Crippen LogP contribution in [0.2, 0.25) is 5.02 Å². The zero-order chi connectivity index (χ0) is 12.3. The number of rotatable bonds is 4. The lowest BCUT2D eigenvalue weighted by molar-refractivity contribution is 0.199. The first-order valence-corrected chi connectivity index (χ1v) is 6.60. The normalized spacial score (nSPS) is 12.4. The largest absolute Gasteiger partial charge is 0.487 e. The maximum Gasteiger partial charge on any atom is 0.138 e. The molecule has 90 valence electrons. The third-order valence-corrected chi connectivity index (χ3v) is 3.44. The molecule has 0 radical (unpaired) electrons. The van der Waals surface area contributed by atoms with E-state index in [1.165, 1.54) is 0 Å². The Balaban J connectivity index is 2.06. The second-order valence-electron chi connectivity index (χ2n) is 3.79. The van der Waals surface area contributed by atoms with Crippen LogP contribution in [0.25, 0.3) is 0 Å². The van der Waals surface area contributed by atoms with Gasteiger partial charge in [-0.1, -0.05) is 17.7 Å². The molecule has 0 spiro atoms. The highest BCUT2D eigenvalue weighted by atomic mass is 35.5. The quantitative estimate of drug-likeness (QED) is 0.907. The molecule has 1 atom stereocenters. The second-order valence-corrected chi connectivity index (χ2v) is 4.97. The number of hydrogen-bond acceptors (Lipinski definition) is 3. The molecule has 0 amide bonds. The van der Waals surface area contributed by atoms with Gasteiger partial charge in [0.1, 0.15) is 12.4 Å². The monoisotopic (exact) mass is 268 g/mol. The van der Waals surface area contributed by atoms with Crippen molar-refractivity contribution in [3.05, 3.63) is 51.2 Å². The lowest BCUT2D eigenvalue weighted by Gasteiger charge is -2.10. The SMILES string of the molecule is C[C@H](O)c1ccc(OCc2ccsc2)c(Cl)c1. The predicted molar refractivity (Wildman–Crippen MR) is 70.7 cm³/mol. The van der Waals surface area contributed by atoms with E-state index >= 15 is 0 Å². The standard InChI is InChI=1S/C13H13ClO2S/c1-9(15)11-2-3-13(12(14)6-11)16-7-10-4-5-17-8-10/h2-6,8-9,15H,7H2,1H3/t9-/m0/s1. The summed E-state index contributed by atoms with van der Waals surface area (Å²) in [6.45, 7) is 2.22. The van der Waals surface area contributed by atoms with E-state index in [1.807, 2.05) is 22.9 Å². The molecule has 1 aromatic heterocycles. The molecule has 0 fully saturated rings. The highest BCUT2D eigenvalue weighted by Gasteiger charge is 2.06. The lowest BCUT2D eigenvalue weighted by atomic mass is 10.1. The van der Waals surface area contributed by atoms with Gasteiger partial charge < -0.3 is 9.84 Å². The zero-order valence-electron chi connectivity index (χ0n) is 9.39. The Bertz CT molecular complexity index is 480. The van der Waals surface area contributed by atoms with Crippen molar-refractivity contribution in [2.24, 2.45) is 0 Å². The summed E-state index contributed by atoms with van der Waals surface area (Å²) in [6, 6.07) is 7.36. The van der Waals surface area contributed by atoms with E-state index in [1.54, 1.807) is 30.4 Å². The molecule has 1 N–H and O–H groups in total. The summed E-state index contributed by atoms with van der Waals surface area (Å²) in [5, 5.41) is 14.0. The van der Waals surface area contributed by atoms with Crippen molar-refractivity contribution in [1.82, 2.24) is 0 Å². The fraction of sp³-hybridized carbons (Fsp3) is 0.231. The van der Waals surface area contributed by atoms with Gasteiger partial charge >= 0.3 is 0 Å². The van der Waals surface area contributed by atoms with Gasteiger partial charge in [-0.25, -0.2) is 0 Å². The van der Waals surface area contributed by atoms with Crippen molar-refractivity contribution in [1.29, 1.82) is 0 Å². The van der Waals surface area contributed by atoms with E-state index in [4.69, 9.17) is 16.3 Å². The van der Waals surface area contributed by atoms with Crippen molar-refractivity contribution in [2.45, 2.75) is 19.6 Å². The summed E-state index contributed by atoms with van der Waals surface area (Å²) in [5.74, 6) is 0.641. The summed E-state index contributed by atoms with van der Waals surface area (Å²) in [7, 11) is 0. The van der Waals surface area contributed by atoms with Gasteiger partial charge in [0, 0.05) is 0 Å². The predicted octanol–water partition coefficient (Wildman–Crippen LogP) is 4.03. The summed E-state index contributed by atoms with van der Waals surface area (Å²) in [5.41, 5.74) is 1.92. The molecule has 17 heavy (non-hydrogen) atoms. The Morgan fingerprint density at radius 2 is 2.24 bits per heavy atom. The van der Waals surface area contributed by atoms with Gasteiger partial charge in [0.05, 0.1) is 11.1 Å². The molecular weight excluding hydrogens is 256 g/mol. The minimum Gasteiger partial charge on any atom is -0.487 e. The third-order valence-electron chi connectivity index (χ3n) is 2.41. The molecule has 2 aromatic rings. The first kappa shape index (κ1) is 12.4. The van der Waals surface area contributed by atoms with Crippen LogP contribution in [0.5, 0.6) is 5.75 Å². The van der Waals surface area contributed by atoms with E-state index < -0.39 is 6.10 Å². The summed E-state index contributed by atoms with van der Waals surface area (Å²) >= 11 is 7.72. The summed E-state index contributed by atoms with van der Waals surface area (Å²) < 4.78 is 5.61. The van der Waals surface area contributed by atoms with E-state index in [9.17, 15) is 5.11 Å². The molecule has 0 saturated carbocycles. The first-order valence-electron chi connectivity index (χ1n) is 5.28. The Labute approximate surface area is 109 Å². The fourth-order valence-electron chi connectivity index (χ4n) is 1.43. The molecule has 1 heterocycles. The lowest BCUT2D eigenvalue weighted by Crippen LogP contribution is -1.96. The van der Waals surface area contributed by atoms with Crippen LogP contribution < -0.4 is 4.74 Å². The van der Waals surface area contributed by atoms with Crippen LogP contribution in [0, 0.1) is 0 Å². The van der Waals surface area contributed by atoms with Crippen molar-refractivity contribution in [2.75, 3.05) is 0 Å². The number of hydrogen-bond donors (Lipinski definition) is 1. The molecule has 2 rings (SSSR count). The highest BCUT2D eigenvalue weighted by molar-refractivity contribution is 7.07. The Kier molecular flexibility index (Phi) is 4.05. The van der Waals surface area contributed by atoms with Gasteiger partial charge in [-0.15, -0.1) is 0 Å². The summed E-state index contributed by atoms with van der Waals surface area (Å²) in [6.07, 6.45) is -0.515. The van der Waals surface area contributed by atoms with Gasteiger partial charge in [-0.2, -0.15) is 11.3 Å². The average molecular weight is 269 g/mol. The number of halogens is 1. The molecule has 0 saturated heterocycles. The van der Waals surface area contributed by atoms with Crippen LogP contribution in [0.4, 0.5) is 0 Å². The molecule has 2 nitrogen and oxygen atoms in total. The van der Waals surface area contributed by atoms with Crippen LogP contribution in [0.1, 0.15) is 24.2 Å². The van der Waals surface area contributed by atoms with Crippen LogP contribution in [0.3, 0.4) is 0 Å². The van der Waals surface area contributed by atoms with Crippen molar-refractivity contribution < 1.29 is 9.84 Å². The minimum absolute atomic E-state index is 0.511. The number of aliphatic hydroxyl groups is 1. The molecule has 0 bridgehead atoms. The molecule has 0 aliphatic heterocycles. The van der Waals surface area contributed by atoms with Gasteiger partial charge in [-0.3, -0.25) is 0 Å².